The molecule has 66 valence electrons. The fourth-order valence-corrected chi connectivity index (χ4v) is 0. The van der Waals surface area contributed by atoms with Crippen molar-refractivity contribution in [3.63, 3.8) is 0 Å². The van der Waals surface area contributed by atoms with Crippen molar-refractivity contribution in [2.45, 2.75) is 0 Å². The number of nitrogens with two attached hydrogens (primary N) is 2. The van der Waals surface area contributed by atoms with Crippen LogP contribution in [0.2, 0.25) is 0 Å². The van der Waals surface area contributed by atoms with Crippen molar-refractivity contribution in [3.05, 3.63) is 0 Å². The normalized spacial score (nSPS) is 10.5. The number of sulfonamides is 2. The first kappa shape index (κ1) is 17.5. The third kappa shape index (κ3) is 4240. The summed E-state index contributed by atoms with van der Waals surface area (Å²) < 4.78 is 37.6. The van der Waals surface area contributed by atoms with E-state index in [0.29, 0.717) is 0 Å². The van der Waals surface area contributed by atoms with Crippen molar-refractivity contribution in [1.82, 2.24) is 0 Å². The maximum absolute atomic E-state index is 9.41. The van der Waals surface area contributed by atoms with Gasteiger partial charge in [-0.15, -0.1) is 0 Å². The summed E-state index contributed by atoms with van der Waals surface area (Å²) in [5, 5.41) is 8.65. The minimum absolute atomic E-state index is 0. The van der Waals surface area contributed by atoms with E-state index in [-0.39, 0.29) is 18.9 Å². The van der Waals surface area contributed by atoms with Crippen molar-refractivity contribution in [2.75, 3.05) is 12.5 Å². The van der Waals surface area contributed by atoms with Crippen LogP contribution in [0.1, 0.15) is 0 Å². The molecule has 0 rings (SSSR count). The van der Waals surface area contributed by atoms with Crippen molar-refractivity contribution in [1.29, 1.82) is 0 Å². The summed E-state index contributed by atoms with van der Waals surface area (Å²) in [4.78, 5) is 0. The Hall–Kier alpha value is 0.417. The summed E-state index contributed by atoms with van der Waals surface area (Å²) >= 11 is 0. The Bertz CT molecular complexity index is 220. The Kier molecular flexibility index (Phi) is 9.53. The molecule has 0 fully saturated rings. The van der Waals surface area contributed by atoms with Crippen LogP contribution in [0.4, 0.5) is 0 Å². The zero-order valence-corrected chi connectivity index (χ0v) is 7.24. The molecule has 0 aliphatic carbocycles. The van der Waals surface area contributed by atoms with E-state index in [1.165, 1.54) is 0 Å². The molecule has 0 aromatic heterocycles. The zero-order chi connectivity index (χ0) is 9.00. The molecule has 0 aromatic carbocycles. The molecule has 0 aliphatic rings. The Morgan fingerprint density at radius 1 is 0.818 bits per heavy atom. The second-order valence-electron chi connectivity index (χ2n) is 1.66. The van der Waals surface area contributed by atoms with Crippen LogP contribution in [-0.2, 0) is 20.0 Å². The van der Waals surface area contributed by atoms with Crippen LogP contribution in [0.3, 0.4) is 0 Å². The number of hydrogen-bond acceptors (Lipinski definition) is 4. The van der Waals surface area contributed by atoms with Gasteiger partial charge in [0.15, 0.2) is 0 Å². The van der Waals surface area contributed by atoms with Crippen LogP contribution < -0.4 is 10.3 Å². The van der Waals surface area contributed by atoms with E-state index in [1.807, 2.05) is 0 Å². The summed E-state index contributed by atoms with van der Waals surface area (Å²) in [6.45, 7) is 0. The first-order chi connectivity index (χ1) is 4.00. The first-order valence-electron chi connectivity index (χ1n) is 1.95. The molecule has 0 radical (unpaired) electrons. The van der Waals surface area contributed by atoms with Gasteiger partial charge in [-0.05, 0) is 0 Å². The summed E-state index contributed by atoms with van der Waals surface area (Å²) in [5.74, 6) is 0. The second-order valence-corrected chi connectivity index (χ2v) is 4.98. The molecule has 9 heteroatoms. The summed E-state index contributed by atoms with van der Waals surface area (Å²) in [7, 11) is -6.33. The summed E-state index contributed by atoms with van der Waals surface area (Å²) in [6.07, 6.45) is 1.88. The van der Waals surface area contributed by atoms with Crippen molar-refractivity contribution >= 4 is 38.9 Å². The number of rotatable bonds is 0. The van der Waals surface area contributed by atoms with E-state index in [2.05, 4.69) is 10.3 Å². The standard InChI is InChI=1S/2CH5NO2S.Li.H/c2*1-5(2,3)4;;/h2*1H3,(H2,2,3,4);;. The average molecular weight is 198 g/mol. The van der Waals surface area contributed by atoms with Crippen molar-refractivity contribution in [2.24, 2.45) is 10.3 Å². The van der Waals surface area contributed by atoms with Crippen LogP contribution in [0.15, 0.2) is 0 Å². The van der Waals surface area contributed by atoms with Gasteiger partial charge in [0.25, 0.3) is 0 Å². The molecule has 0 amide bonds. The molecule has 0 saturated heterocycles. The fourth-order valence-electron chi connectivity index (χ4n) is 0. The van der Waals surface area contributed by atoms with Gasteiger partial charge in [0.1, 0.15) is 0 Å². The van der Waals surface area contributed by atoms with Crippen LogP contribution in [0.25, 0.3) is 0 Å². The predicted molar refractivity (Wildman–Crippen MR) is 45.2 cm³/mol. The molecule has 0 heterocycles. The molecule has 0 aliphatic heterocycles. The van der Waals surface area contributed by atoms with E-state index < -0.39 is 20.0 Å². The minimum atomic E-state index is -3.17. The summed E-state index contributed by atoms with van der Waals surface area (Å²) in [5.41, 5.74) is 0. The van der Waals surface area contributed by atoms with Crippen molar-refractivity contribution < 1.29 is 16.8 Å². The van der Waals surface area contributed by atoms with Gasteiger partial charge in [-0.2, -0.15) is 0 Å². The Labute approximate surface area is 78.6 Å². The Balaban J connectivity index is -0.000000107. The molecular weight excluding hydrogens is 187 g/mol. The number of primary sulfonamides is 2. The predicted octanol–water partition coefficient (Wildman–Crippen LogP) is -2.84. The second kappa shape index (κ2) is 5.99. The summed E-state index contributed by atoms with van der Waals surface area (Å²) in [6, 6.07) is 0. The van der Waals surface area contributed by atoms with Gasteiger partial charge in [0.05, 0.1) is 12.5 Å². The third-order valence-corrected chi connectivity index (χ3v) is 0. The van der Waals surface area contributed by atoms with Crippen LogP contribution in [0, 0.1) is 0 Å². The van der Waals surface area contributed by atoms with E-state index in [4.69, 9.17) is 0 Å². The van der Waals surface area contributed by atoms with Gasteiger partial charge < -0.3 is 0 Å². The van der Waals surface area contributed by atoms with Gasteiger partial charge in [-0.1, -0.05) is 0 Å². The molecule has 6 nitrogen and oxygen atoms in total. The molecule has 0 atom stereocenters. The van der Waals surface area contributed by atoms with E-state index in [0.717, 1.165) is 12.5 Å². The molecule has 0 bridgehead atoms. The molecule has 11 heavy (non-hydrogen) atoms. The van der Waals surface area contributed by atoms with Gasteiger partial charge >= 0.3 is 18.9 Å². The topological polar surface area (TPSA) is 120 Å². The van der Waals surface area contributed by atoms with E-state index >= 15 is 0 Å². The van der Waals surface area contributed by atoms with Crippen molar-refractivity contribution in [3.8, 4) is 0 Å². The van der Waals surface area contributed by atoms with Crippen LogP contribution in [0.5, 0.6) is 0 Å². The molecule has 0 unspecified atom stereocenters. The number of hydrogen-bond donors (Lipinski definition) is 2. The van der Waals surface area contributed by atoms with Gasteiger partial charge in [-0.25, -0.2) is 27.1 Å². The molecule has 4 N–H and O–H groups in total. The fraction of sp³-hybridized carbons (Fsp3) is 1.00. The third-order valence-electron chi connectivity index (χ3n) is 0. The monoisotopic (exact) mass is 198 g/mol. The maximum atomic E-state index is 9.41. The van der Waals surface area contributed by atoms with E-state index in [9.17, 15) is 16.8 Å². The SMILES string of the molecule is CS(N)(=O)=O.CS(N)(=O)=O.[LiH]. The zero-order valence-electron chi connectivity index (χ0n) is 5.60. The molecule has 0 saturated carbocycles. The van der Waals surface area contributed by atoms with Gasteiger partial charge in [0, 0.05) is 0 Å². The Morgan fingerprint density at radius 3 is 0.818 bits per heavy atom. The average Bonchev–Trinajstić information content (AvgIpc) is 1.12. The quantitative estimate of drug-likeness (QED) is 0.407. The first-order valence-corrected chi connectivity index (χ1v) is 5.86. The van der Waals surface area contributed by atoms with E-state index in [1.54, 1.807) is 0 Å². The molecule has 0 spiro atoms. The molecule has 0 aromatic rings. The van der Waals surface area contributed by atoms with Crippen LogP contribution >= 0.6 is 0 Å². The van der Waals surface area contributed by atoms with Crippen LogP contribution in [-0.4, -0.2) is 48.2 Å². The van der Waals surface area contributed by atoms with Gasteiger partial charge in [0.2, 0.25) is 20.0 Å². The van der Waals surface area contributed by atoms with Gasteiger partial charge in [-0.3, -0.25) is 0 Å². The Morgan fingerprint density at radius 2 is 0.818 bits per heavy atom. The molecular formula is C2H11LiN2O4S2.